The molecule has 0 saturated carbocycles. The van der Waals surface area contributed by atoms with Gasteiger partial charge in [0.25, 0.3) is 0 Å². The first kappa shape index (κ1) is 15.1. The molecule has 0 aromatic heterocycles. The maximum Gasteiger partial charge on any atom is 0.351 e. The summed E-state index contributed by atoms with van der Waals surface area (Å²) in [6, 6.07) is 15.8. The van der Waals surface area contributed by atoms with Crippen molar-refractivity contribution >= 4 is 11.8 Å². The molecule has 2 aromatic carbocycles. The number of ketones is 1. The van der Waals surface area contributed by atoms with E-state index in [2.05, 4.69) is 0 Å². The zero-order valence-corrected chi connectivity index (χ0v) is 12.6. The highest BCUT2D eigenvalue weighted by atomic mass is 16.6. The second-order valence-electron chi connectivity index (χ2n) is 5.17. The van der Waals surface area contributed by atoms with E-state index in [9.17, 15) is 9.59 Å². The molecular formula is C18H16O5. The van der Waals surface area contributed by atoms with Crippen molar-refractivity contribution in [2.75, 3.05) is 6.61 Å². The van der Waals surface area contributed by atoms with Crippen molar-refractivity contribution in [3.63, 3.8) is 0 Å². The number of rotatable bonds is 4. The SMILES string of the molecule is C[C@@H](OC(=O)[C@@H]1COc2ccccc2O1)C(=O)c1ccccc1. The highest BCUT2D eigenvalue weighted by molar-refractivity contribution is 6.00. The van der Waals surface area contributed by atoms with Gasteiger partial charge in [-0.2, -0.15) is 0 Å². The van der Waals surface area contributed by atoms with Gasteiger partial charge in [0.2, 0.25) is 11.9 Å². The molecule has 118 valence electrons. The molecule has 2 aromatic rings. The lowest BCUT2D eigenvalue weighted by molar-refractivity contribution is -0.157. The summed E-state index contributed by atoms with van der Waals surface area (Å²) in [6.45, 7) is 1.60. The molecule has 0 saturated heterocycles. The minimum absolute atomic E-state index is 0.0576. The van der Waals surface area contributed by atoms with Crippen LogP contribution in [-0.2, 0) is 9.53 Å². The Morgan fingerprint density at radius 3 is 2.43 bits per heavy atom. The topological polar surface area (TPSA) is 61.8 Å². The van der Waals surface area contributed by atoms with E-state index < -0.39 is 18.2 Å². The third-order valence-electron chi connectivity index (χ3n) is 3.49. The van der Waals surface area contributed by atoms with E-state index in [0.717, 1.165) is 0 Å². The summed E-state index contributed by atoms with van der Waals surface area (Å²) in [7, 11) is 0. The van der Waals surface area contributed by atoms with Gasteiger partial charge in [0.05, 0.1) is 0 Å². The Balaban J connectivity index is 1.62. The molecule has 0 amide bonds. The van der Waals surface area contributed by atoms with Crippen molar-refractivity contribution in [3.05, 3.63) is 60.2 Å². The van der Waals surface area contributed by atoms with Crippen molar-refractivity contribution < 1.29 is 23.8 Å². The number of Topliss-reactive ketones (excluding diaryl/α,β-unsaturated/α-hetero) is 1. The monoisotopic (exact) mass is 312 g/mol. The predicted octanol–water partition coefficient (Wildman–Crippen LogP) is 2.64. The van der Waals surface area contributed by atoms with E-state index in [0.29, 0.717) is 17.1 Å². The average molecular weight is 312 g/mol. The molecule has 0 N–H and O–H groups in total. The molecule has 23 heavy (non-hydrogen) atoms. The van der Waals surface area contributed by atoms with Gasteiger partial charge in [-0.05, 0) is 19.1 Å². The van der Waals surface area contributed by atoms with Gasteiger partial charge in [0, 0.05) is 5.56 Å². The molecule has 0 bridgehead atoms. The summed E-state index contributed by atoms with van der Waals surface area (Å²) in [5.41, 5.74) is 0.499. The Hall–Kier alpha value is -2.82. The van der Waals surface area contributed by atoms with Crippen molar-refractivity contribution in [2.45, 2.75) is 19.1 Å². The number of fused-ring (bicyclic) bond motifs is 1. The fourth-order valence-corrected chi connectivity index (χ4v) is 2.28. The van der Waals surface area contributed by atoms with E-state index in [1.165, 1.54) is 0 Å². The number of esters is 1. The van der Waals surface area contributed by atoms with Crippen LogP contribution in [0.5, 0.6) is 11.5 Å². The Labute approximate surface area is 133 Å². The van der Waals surface area contributed by atoms with Crippen molar-refractivity contribution in [1.29, 1.82) is 0 Å². The van der Waals surface area contributed by atoms with Crippen LogP contribution in [0.2, 0.25) is 0 Å². The molecule has 5 nitrogen and oxygen atoms in total. The Kier molecular flexibility index (Phi) is 4.28. The third kappa shape index (κ3) is 3.34. The number of carbonyl (C=O) groups is 2. The first-order chi connectivity index (χ1) is 11.1. The second-order valence-corrected chi connectivity index (χ2v) is 5.17. The molecule has 0 unspecified atom stereocenters. The number of para-hydroxylation sites is 2. The van der Waals surface area contributed by atoms with Crippen molar-refractivity contribution in [1.82, 2.24) is 0 Å². The average Bonchev–Trinajstić information content (AvgIpc) is 2.61. The Bertz CT molecular complexity index is 710. The van der Waals surface area contributed by atoms with Crippen LogP contribution in [0, 0.1) is 0 Å². The molecule has 0 spiro atoms. The third-order valence-corrected chi connectivity index (χ3v) is 3.49. The van der Waals surface area contributed by atoms with Gasteiger partial charge < -0.3 is 14.2 Å². The van der Waals surface area contributed by atoms with E-state index in [4.69, 9.17) is 14.2 Å². The van der Waals surface area contributed by atoms with Crippen LogP contribution in [0.25, 0.3) is 0 Å². The summed E-state index contributed by atoms with van der Waals surface area (Å²) < 4.78 is 16.3. The molecule has 5 heteroatoms. The number of hydrogen-bond acceptors (Lipinski definition) is 5. The molecule has 0 aliphatic carbocycles. The zero-order chi connectivity index (χ0) is 16.2. The fraction of sp³-hybridized carbons (Fsp3) is 0.222. The smallest absolute Gasteiger partial charge is 0.351 e. The van der Waals surface area contributed by atoms with Gasteiger partial charge in [-0.25, -0.2) is 4.79 Å². The van der Waals surface area contributed by atoms with Gasteiger partial charge in [-0.15, -0.1) is 0 Å². The molecule has 3 rings (SSSR count). The summed E-state index contributed by atoms with van der Waals surface area (Å²) >= 11 is 0. The predicted molar refractivity (Wildman–Crippen MR) is 82.7 cm³/mol. The minimum Gasteiger partial charge on any atom is -0.485 e. The highest BCUT2D eigenvalue weighted by Crippen LogP contribution is 2.31. The lowest BCUT2D eigenvalue weighted by Gasteiger charge is -2.25. The van der Waals surface area contributed by atoms with Crippen LogP contribution >= 0.6 is 0 Å². The van der Waals surface area contributed by atoms with Crippen LogP contribution < -0.4 is 9.47 Å². The highest BCUT2D eigenvalue weighted by Gasteiger charge is 2.31. The van der Waals surface area contributed by atoms with Gasteiger partial charge in [-0.3, -0.25) is 4.79 Å². The lowest BCUT2D eigenvalue weighted by Crippen LogP contribution is -2.40. The van der Waals surface area contributed by atoms with Crippen LogP contribution in [0.3, 0.4) is 0 Å². The maximum atomic E-state index is 12.2. The van der Waals surface area contributed by atoms with E-state index >= 15 is 0 Å². The first-order valence-corrected chi connectivity index (χ1v) is 7.33. The molecule has 1 heterocycles. The van der Waals surface area contributed by atoms with Gasteiger partial charge in [0.1, 0.15) is 6.61 Å². The molecular weight excluding hydrogens is 296 g/mol. The second kappa shape index (κ2) is 6.52. The van der Waals surface area contributed by atoms with Gasteiger partial charge >= 0.3 is 5.97 Å². The fourth-order valence-electron chi connectivity index (χ4n) is 2.28. The minimum atomic E-state index is -0.884. The van der Waals surface area contributed by atoms with E-state index in [-0.39, 0.29) is 12.4 Å². The quantitative estimate of drug-likeness (QED) is 0.641. The van der Waals surface area contributed by atoms with Crippen LogP contribution in [-0.4, -0.2) is 30.6 Å². The summed E-state index contributed by atoms with van der Waals surface area (Å²) in [6.07, 6.45) is -1.76. The normalized spacial score (nSPS) is 17.2. The largest absolute Gasteiger partial charge is 0.485 e. The van der Waals surface area contributed by atoms with Gasteiger partial charge in [-0.1, -0.05) is 42.5 Å². The van der Waals surface area contributed by atoms with Crippen molar-refractivity contribution in [3.8, 4) is 11.5 Å². The van der Waals surface area contributed by atoms with E-state index in [1.807, 2.05) is 12.1 Å². The number of ether oxygens (including phenoxy) is 3. The lowest BCUT2D eigenvalue weighted by atomic mass is 10.1. The maximum absolute atomic E-state index is 12.2. The van der Waals surface area contributed by atoms with Crippen molar-refractivity contribution in [2.24, 2.45) is 0 Å². The van der Waals surface area contributed by atoms with Crippen LogP contribution in [0.4, 0.5) is 0 Å². The molecule has 1 aliphatic heterocycles. The number of hydrogen-bond donors (Lipinski definition) is 0. The standard InChI is InChI=1S/C18H16O5/c1-12(17(19)13-7-3-2-4-8-13)22-18(20)16-11-21-14-9-5-6-10-15(14)23-16/h2-10,12,16H,11H2,1H3/t12-,16+/m1/s1. The summed E-state index contributed by atoms with van der Waals surface area (Å²) in [4.78, 5) is 24.4. The number of benzene rings is 2. The molecule has 0 fully saturated rings. The molecule has 2 atom stereocenters. The molecule has 1 aliphatic rings. The summed E-state index contributed by atoms with van der Waals surface area (Å²) in [5, 5.41) is 0. The zero-order valence-electron chi connectivity index (χ0n) is 12.6. The Morgan fingerprint density at radius 2 is 1.70 bits per heavy atom. The number of carbonyl (C=O) groups excluding carboxylic acids is 2. The van der Waals surface area contributed by atoms with Gasteiger partial charge in [0.15, 0.2) is 17.6 Å². The summed E-state index contributed by atoms with van der Waals surface area (Å²) in [5.74, 6) is 0.208. The molecule has 0 radical (unpaired) electrons. The van der Waals surface area contributed by atoms with Crippen LogP contribution in [0.15, 0.2) is 54.6 Å². The van der Waals surface area contributed by atoms with Crippen LogP contribution in [0.1, 0.15) is 17.3 Å². The Morgan fingerprint density at radius 1 is 1.04 bits per heavy atom. The van der Waals surface area contributed by atoms with E-state index in [1.54, 1.807) is 49.4 Å². The first-order valence-electron chi connectivity index (χ1n) is 7.33.